The van der Waals surface area contributed by atoms with Gasteiger partial charge in [0.2, 0.25) is 0 Å². The average Bonchev–Trinajstić information content (AvgIpc) is 3.21. The van der Waals surface area contributed by atoms with Crippen molar-refractivity contribution in [3.63, 3.8) is 0 Å². The number of unbranched alkanes of at least 4 members (excludes halogenated alkanes) is 1. The first-order chi connectivity index (χ1) is 10.5. The van der Waals surface area contributed by atoms with E-state index in [0.717, 1.165) is 24.2 Å². The molecule has 1 aromatic carbocycles. The predicted octanol–water partition coefficient (Wildman–Crippen LogP) is 4.04. The molecule has 2 rings (SSSR count). The second-order valence-corrected chi connectivity index (χ2v) is 5.95. The van der Waals surface area contributed by atoms with Crippen LogP contribution in [0.1, 0.15) is 58.6 Å². The Bertz CT molecular complexity index is 494. The average molecular weight is 306 g/mol. The van der Waals surface area contributed by atoms with Crippen molar-refractivity contribution in [1.29, 1.82) is 0 Å². The fourth-order valence-electron chi connectivity index (χ4n) is 2.65. The van der Waals surface area contributed by atoms with Crippen molar-refractivity contribution in [3.8, 4) is 5.75 Å². The first-order valence-corrected chi connectivity index (χ1v) is 8.15. The van der Waals surface area contributed by atoms with Crippen LogP contribution in [0.25, 0.3) is 0 Å². The molecular weight excluding hydrogens is 280 g/mol. The van der Waals surface area contributed by atoms with E-state index in [2.05, 4.69) is 6.92 Å². The van der Waals surface area contributed by atoms with Crippen molar-refractivity contribution >= 4 is 5.97 Å². The Morgan fingerprint density at radius 1 is 1.27 bits per heavy atom. The van der Waals surface area contributed by atoms with Crippen LogP contribution in [0.15, 0.2) is 24.3 Å². The molecule has 4 nitrogen and oxygen atoms in total. The summed E-state index contributed by atoms with van der Waals surface area (Å²) in [6.45, 7) is 8.29. The number of carbonyl (C=O) groups is 1. The maximum atomic E-state index is 12.3. The number of hydrogen-bond acceptors (Lipinski definition) is 4. The fraction of sp³-hybridized carbons (Fsp3) is 0.611. The molecule has 0 aliphatic carbocycles. The Morgan fingerprint density at radius 3 is 2.50 bits per heavy atom. The Balaban J connectivity index is 2.09. The van der Waals surface area contributed by atoms with Crippen molar-refractivity contribution in [2.75, 3.05) is 6.61 Å². The highest BCUT2D eigenvalue weighted by Crippen LogP contribution is 2.53. The summed E-state index contributed by atoms with van der Waals surface area (Å²) in [6, 6.07) is 7.78. The molecule has 0 spiro atoms. The lowest BCUT2D eigenvalue weighted by Crippen LogP contribution is -2.28. The zero-order valence-electron chi connectivity index (χ0n) is 13.9. The van der Waals surface area contributed by atoms with Crippen LogP contribution in [0.4, 0.5) is 0 Å². The van der Waals surface area contributed by atoms with E-state index < -0.39 is 5.60 Å². The van der Waals surface area contributed by atoms with Crippen LogP contribution < -0.4 is 4.74 Å². The maximum absolute atomic E-state index is 12.3. The van der Waals surface area contributed by atoms with E-state index in [1.54, 1.807) is 0 Å². The quantitative estimate of drug-likeness (QED) is 0.537. The zero-order chi connectivity index (χ0) is 16.2. The second-order valence-electron chi connectivity index (χ2n) is 5.95. The third kappa shape index (κ3) is 3.61. The number of esters is 1. The monoisotopic (exact) mass is 306 g/mol. The van der Waals surface area contributed by atoms with Crippen molar-refractivity contribution in [2.24, 2.45) is 0 Å². The largest absolute Gasteiger partial charge is 0.491 e. The van der Waals surface area contributed by atoms with Crippen molar-refractivity contribution in [1.82, 2.24) is 0 Å². The number of benzene rings is 1. The minimum atomic E-state index is -0.785. The Hall–Kier alpha value is -1.55. The van der Waals surface area contributed by atoms with Crippen molar-refractivity contribution < 1.29 is 19.0 Å². The van der Waals surface area contributed by atoms with E-state index in [-0.39, 0.29) is 18.2 Å². The van der Waals surface area contributed by atoms with Gasteiger partial charge in [-0.2, -0.15) is 0 Å². The summed E-state index contributed by atoms with van der Waals surface area (Å²) < 4.78 is 16.7. The molecule has 1 saturated heterocycles. The lowest BCUT2D eigenvalue weighted by atomic mass is 9.94. The van der Waals surface area contributed by atoms with Gasteiger partial charge in [-0.05, 0) is 44.9 Å². The van der Waals surface area contributed by atoms with E-state index in [1.165, 1.54) is 0 Å². The van der Waals surface area contributed by atoms with E-state index in [1.807, 2.05) is 45.0 Å². The van der Waals surface area contributed by atoms with Gasteiger partial charge in [-0.3, -0.25) is 0 Å². The molecule has 0 N–H and O–H groups in total. The van der Waals surface area contributed by atoms with Crippen LogP contribution in [-0.4, -0.2) is 24.3 Å². The standard InChI is InChI=1S/C18H26O4/c1-5-7-12-18(17(19)20-6-2)16(22-18)14-8-10-15(11-9-14)21-13(3)4/h8-11,13,16H,5-7,12H2,1-4H3/t16-,18-/m0/s1. The molecule has 1 aliphatic heterocycles. The highest BCUT2D eigenvalue weighted by Gasteiger charge is 2.63. The van der Waals surface area contributed by atoms with Crippen LogP contribution in [0.3, 0.4) is 0 Å². The molecule has 1 aliphatic rings. The van der Waals surface area contributed by atoms with Gasteiger partial charge in [-0.15, -0.1) is 0 Å². The number of epoxide rings is 1. The van der Waals surface area contributed by atoms with Crippen LogP contribution in [0.5, 0.6) is 5.75 Å². The molecule has 0 aromatic heterocycles. The summed E-state index contributed by atoms with van der Waals surface area (Å²) in [7, 11) is 0. The van der Waals surface area contributed by atoms with Crippen molar-refractivity contribution in [2.45, 2.75) is 64.8 Å². The normalized spacial score (nSPS) is 23.4. The topological polar surface area (TPSA) is 48.1 Å². The lowest BCUT2D eigenvalue weighted by Gasteiger charge is -2.12. The van der Waals surface area contributed by atoms with Crippen LogP contribution >= 0.6 is 0 Å². The SMILES string of the molecule is CCCC[C@]1(C(=O)OCC)O[C@H]1c1ccc(OC(C)C)cc1. The molecule has 2 atom stereocenters. The van der Waals surface area contributed by atoms with Gasteiger partial charge in [-0.1, -0.05) is 31.9 Å². The summed E-state index contributed by atoms with van der Waals surface area (Å²) in [5.74, 6) is 0.589. The summed E-state index contributed by atoms with van der Waals surface area (Å²) in [5, 5.41) is 0. The molecule has 1 aromatic rings. The molecular formula is C18H26O4. The van der Waals surface area contributed by atoms with Gasteiger partial charge >= 0.3 is 5.97 Å². The molecule has 1 heterocycles. The van der Waals surface area contributed by atoms with Crippen molar-refractivity contribution in [3.05, 3.63) is 29.8 Å². The summed E-state index contributed by atoms with van der Waals surface area (Å²) >= 11 is 0. The van der Waals surface area contributed by atoms with Crippen LogP contribution in [0, 0.1) is 0 Å². The van der Waals surface area contributed by atoms with Gasteiger partial charge < -0.3 is 14.2 Å². The van der Waals surface area contributed by atoms with E-state index in [4.69, 9.17) is 14.2 Å². The second kappa shape index (κ2) is 7.14. The van der Waals surface area contributed by atoms with Gasteiger partial charge in [0.1, 0.15) is 11.9 Å². The predicted molar refractivity (Wildman–Crippen MR) is 84.9 cm³/mol. The summed E-state index contributed by atoms with van der Waals surface area (Å²) in [6.07, 6.45) is 2.62. The molecule has 0 amide bonds. The number of ether oxygens (including phenoxy) is 3. The van der Waals surface area contributed by atoms with Gasteiger partial charge in [0.25, 0.3) is 0 Å². The minimum Gasteiger partial charge on any atom is -0.491 e. The molecule has 1 fully saturated rings. The highest BCUT2D eigenvalue weighted by atomic mass is 16.7. The van der Waals surface area contributed by atoms with E-state index in [0.29, 0.717) is 13.0 Å². The Morgan fingerprint density at radius 2 is 1.95 bits per heavy atom. The smallest absolute Gasteiger partial charge is 0.341 e. The maximum Gasteiger partial charge on any atom is 0.341 e. The van der Waals surface area contributed by atoms with E-state index in [9.17, 15) is 4.79 Å². The molecule has 0 saturated carbocycles. The first kappa shape index (κ1) is 16.8. The number of carbonyl (C=O) groups excluding carboxylic acids is 1. The lowest BCUT2D eigenvalue weighted by molar-refractivity contribution is -0.149. The third-order valence-corrected chi connectivity index (χ3v) is 3.77. The third-order valence-electron chi connectivity index (χ3n) is 3.77. The van der Waals surface area contributed by atoms with Crippen LogP contribution in [-0.2, 0) is 14.3 Å². The fourth-order valence-corrected chi connectivity index (χ4v) is 2.65. The van der Waals surface area contributed by atoms with Gasteiger partial charge in [0, 0.05) is 0 Å². The molecule has 22 heavy (non-hydrogen) atoms. The Kier molecular flexibility index (Phi) is 5.46. The molecule has 122 valence electrons. The highest BCUT2D eigenvalue weighted by molar-refractivity contribution is 5.84. The molecule has 4 heteroatoms. The summed E-state index contributed by atoms with van der Waals surface area (Å²) in [4.78, 5) is 12.3. The molecule has 0 radical (unpaired) electrons. The van der Waals surface area contributed by atoms with Crippen LogP contribution in [0.2, 0.25) is 0 Å². The molecule has 0 unspecified atom stereocenters. The zero-order valence-corrected chi connectivity index (χ0v) is 13.9. The number of rotatable bonds is 8. The Labute approximate surface area is 132 Å². The molecule has 0 bridgehead atoms. The first-order valence-electron chi connectivity index (χ1n) is 8.15. The van der Waals surface area contributed by atoms with Gasteiger partial charge in [0.05, 0.1) is 12.7 Å². The van der Waals surface area contributed by atoms with Gasteiger partial charge in [0.15, 0.2) is 5.60 Å². The summed E-state index contributed by atoms with van der Waals surface area (Å²) in [5.41, 5.74) is 0.215. The van der Waals surface area contributed by atoms with Gasteiger partial charge in [-0.25, -0.2) is 4.79 Å². The van der Waals surface area contributed by atoms with E-state index >= 15 is 0 Å². The number of hydrogen-bond donors (Lipinski definition) is 0. The minimum absolute atomic E-state index is 0.145.